The first kappa shape index (κ1) is 21.8. The van der Waals surface area contributed by atoms with Crippen LogP contribution in [0.1, 0.15) is 12.0 Å². The van der Waals surface area contributed by atoms with Crippen LogP contribution in [0.3, 0.4) is 0 Å². The number of hydrogen-bond donors (Lipinski definition) is 3. The van der Waals surface area contributed by atoms with Crippen LogP contribution in [0, 0.1) is 0 Å². The van der Waals surface area contributed by atoms with Crippen LogP contribution in [0.25, 0.3) is 5.69 Å². The van der Waals surface area contributed by atoms with Gasteiger partial charge in [0, 0.05) is 36.2 Å². The first-order chi connectivity index (χ1) is 14.1. The molecule has 0 fully saturated rings. The molecule has 7 nitrogen and oxygen atoms in total. The Labute approximate surface area is 196 Å². The van der Waals surface area contributed by atoms with E-state index in [-0.39, 0.29) is 53.4 Å². The number of benzene rings is 2. The Bertz CT molecular complexity index is 1050. The average Bonchev–Trinajstić information content (AvgIpc) is 3.23. The zero-order valence-corrected chi connectivity index (χ0v) is 15.6. The van der Waals surface area contributed by atoms with E-state index in [0.29, 0.717) is 12.1 Å². The molecule has 0 bridgehead atoms. The van der Waals surface area contributed by atoms with Crippen LogP contribution in [0.4, 0.5) is 5.69 Å². The number of anilines is 1. The minimum atomic E-state index is -0.631. The van der Waals surface area contributed by atoms with Gasteiger partial charge in [0.2, 0.25) is 0 Å². The van der Waals surface area contributed by atoms with Crippen LogP contribution in [0.2, 0.25) is 0 Å². The van der Waals surface area contributed by atoms with E-state index in [9.17, 15) is 14.7 Å². The summed E-state index contributed by atoms with van der Waals surface area (Å²) in [6.07, 6.45) is 5.96. The predicted octanol–water partition coefficient (Wildman–Crippen LogP) is 2.11. The molecule has 0 aliphatic carbocycles. The van der Waals surface area contributed by atoms with Gasteiger partial charge in [0.1, 0.15) is 11.3 Å². The van der Waals surface area contributed by atoms with Crippen molar-refractivity contribution in [3.05, 3.63) is 90.2 Å². The zero-order valence-electron chi connectivity index (χ0n) is 15.6. The molecule has 2 heterocycles. The van der Waals surface area contributed by atoms with Crippen molar-refractivity contribution in [2.75, 3.05) is 5.32 Å². The van der Waals surface area contributed by atoms with E-state index in [1.807, 2.05) is 53.2 Å². The van der Waals surface area contributed by atoms with Gasteiger partial charge in [0.25, 0.3) is 11.8 Å². The Morgan fingerprint density at radius 1 is 1.17 bits per heavy atom. The minimum absolute atomic E-state index is 0. The third kappa shape index (κ3) is 4.99. The van der Waals surface area contributed by atoms with Crippen molar-refractivity contribution in [3.63, 3.8) is 0 Å². The molecule has 8 heteroatoms. The number of imidazole rings is 1. The third-order valence-corrected chi connectivity index (χ3v) is 4.77. The number of amides is 2. The normalized spacial score (nSPS) is 15.9. The zero-order chi connectivity index (χ0) is 20.2. The fourth-order valence-electron chi connectivity index (χ4n) is 3.35. The summed E-state index contributed by atoms with van der Waals surface area (Å²) >= 11 is 0. The SMILES string of the molecule is O=C(Nc1ccc(-n2ccnc2)cc1)C1=C(O)CC(Cc2ccccc2)NC1=O.[NaH]. The van der Waals surface area contributed by atoms with Crippen LogP contribution < -0.4 is 10.6 Å². The molecule has 148 valence electrons. The van der Waals surface area contributed by atoms with Gasteiger partial charge < -0.3 is 20.3 Å². The number of nitrogens with zero attached hydrogens (tertiary/aromatic N) is 2. The van der Waals surface area contributed by atoms with Crippen molar-refractivity contribution < 1.29 is 14.7 Å². The van der Waals surface area contributed by atoms with Crippen LogP contribution in [0.15, 0.2) is 84.7 Å². The summed E-state index contributed by atoms with van der Waals surface area (Å²) < 4.78 is 1.83. The summed E-state index contributed by atoms with van der Waals surface area (Å²) in [4.78, 5) is 29.0. The fourth-order valence-corrected chi connectivity index (χ4v) is 3.35. The van der Waals surface area contributed by atoms with E-state index in [4.69, 9.17) is 0 Å². The van der Waals surface area contributed by atoms with E-state index in [1.165, 1.54) is 0 Å². The molecule has 1 unspecified atom stereocenters. The van der Waals surface area contributed by atoms with Crippen molar-refractivity contribution in [1.82, 2.24) is 14.9 Å². The molecular formula is C22H21N4NaO3. The molecule has 1 atom stereocenters. The molecule has 1 aromatic heterocycles. The van der Waals surface area contributed by atoms with Gasteiger partial charge in [0.05, 0.1) is 6.33 Å². The summed E-state index contributed by atoms with van der Waals surface area (Å²) in [6, 6.07) is 16.5. The summed E-state index contributed by atoms with van der Waals surface area (Å²) in [5.41, 5.74) is 2.23. The second kappa shape index (κ2) is 9.75. The predicted molar refractivity (Wildman–Crippen MR) is 116 cm³/mol. The molecule has 0 saturated heterocycles. The first-order valence-electron chi connectivity index (χ1n) is 9.27. The number of aromatic nitrogens is 2. The number of aliphatic hydroxyl groups is 1. The van der Waals surface area contributed by atoms with Gasteiger partial charge in [-0.05, 0) is 36.2 Å². The summed E-state index contributed by atoms with van der Waals surface area (Å²) in [7, 11) is 0. The number of hydrogen-bond acceptors (Lipinski definition) is 4. The fraction of sp³-hybridized carbons (Fsp3) is 0.136. The van der Waals surface area contributed by atoms with E-state index >= 15 is 0 Å². The maximum atomic E-state index is 12.6. The van der Waals surface area contributed by atoms with Crippen molar-refractivity contribution in [1.29, 1.82) is 0 Å². The van der Waals surface area contributed by atoms with Gasteiger partial charge in [-0.25, -0.2) is 4.98 Å². The van der Waals surface area contributed by atoms with Crippen LogP contribution in [-0.2, 0) is 16.0 Å². The van der Waals surface area contributed by atoms with Crippen LogP contribution >= 0.6 is 0 Å². The van der Waals surface area contributed by atoms with E-state index < -0.39 is 11.8 Å². The Morgan fingerprint density at radius 2 is 1.90 bits per heavy atom. The van der Waals surface area contributed by atoms with Crippen LogP contribution in [-0.4, -0.2) is 62.1 Å². The molecular weight excluding hydrogens is 391 g/mol. The first-order valence-corrected chi connectivity index (χ1v) is 9.27. The third-order valence-electron chi connectivity index (χ3n) is 4.77. The van der Waals surface area contributed by atoms with Crippen molar-refractivity contribution in [2.24, 2.45) is 0 Å². The average molecular weight is 412 g/mol. The Hall–Kier alpha value is -2.87. The standard InChI is InChI=1S/C22H20N4O3.Na.H/c27-19-13-17(12-15-4-2-1-3-5-15)25-22(29)20(19)21(28)24-16-6-8-18(9-7-16)26-11-10-23-14-26;;/h1-11,14,17,27H,12-13H2,(H,24,28)(H,25,29);;. The molecule has 0 spiro atoms. The molecule has 3 aromatic rings. The monoisotopic (exact) mass is 412 g/mol. The topological polar surface area (TPSA) is 96.2 Å². The van der Waals surface area contributed by atoms with Crippen molar-refractivity contribution in [2.45, 2.75) is 18.9 Å². The van der Waals surface area contributed by atoms with Crippen LogP contribution in [0.5, 0.6) is 0 Å². The van der Waals surface area contributed by atoms with Gasteiger partial charge in [-0.1, -0.05) is 30.3 Å². The van der Waals surface area contributed by atoms with Crippen molar-refractivity contribution in [3.8, 4) is 5.69 Å². The quantitative estimate of drug-likeness (QED) is 0.442. The van der Waals surface area contributed by atoms with Gasteiger partial charge in [0.15, 0.2) is 0 Å². The Morgan fingerprint density at radius 3 is 2.53 bits per heavy atom. The molecule has 2 aromatic carbocycles. The number of rotatable bonds is 5. The molecule has 1 aliphatic heterocycles. The molecule has 2 amide bonds. The van der Waals surface area contributed by atoms with E-state index in [0.717, 1.165) is 11.3 Å². The second-order valence-electron chi connectivity index (χ2n) is 6.86. The van der Waals surface area contributed by atoms with Gasteiger partial charge >= 0.3 is 29.6 Å². The molecule has 3 N–H and O–H groups in total. The molecule has 30 heavy (non-hydrogen) atoms. The summed E-state index contributed by atoms with van der Waals surface area (Å²) in [5.74, 6) is -1.39. The summed E-state index contributed by atoms with van der Waals surface area (Å²) in [6.45, 7) is 0. The van der Waals surface area contributed by atoms with Gasteiger partial charge in [-0.15, -0.1) is 0 Å². The number of carbonyl (C=O) groups is 2. The molecule has 4 rings (SSSR count). The van der Waals surface area contributed by atoms with E-state index in [2.05, 4.69) is 15.6 Å². The number of carbonyl (C=O) groups excluding carboxylic acids is 2. The summed E-state index contributed by atoms with van der Waals surface area (Å²) in [5, 5.41) is 15.8. The number of nitrogens with one attached hydrogen (secondary N) is 2. The van der Waals surface area contributed by atoms with Crippen molar-refractivity contribution >= 4 is 47.1 Å². The molecule has 0 radical (unpaired) electrons. The van der Waals surface area contributed by atoms with Gasteiger partial charge in [-0.2, -0.15) is 0 Å². The number of aliphatic hydroxyl groups excluding tert-OH is 1. The maximum absolute atomic E-state index is 12.6. The molecule has 0 saturated carbocycles. The second-order valence-corrected chi connectivity index (χ2v) is 6.86. The Balaban J connectivity index is 0.00000256. The van der Waals surface area contributed by atoms with E-state index in [1.54, 1.807) is 24.7 Å². The molecule has 1 aliphatic rings. The Kier molecular flexibility index (Phi) is 7.10. The van der Waals surface area contributed by atoms with Gasteiger partial charge in [-0.3, -0.25) is 9.59 Å².